The van der Waals surface area contributed by atoms with Crippen LogP contribution < -0.4 is 0 Å². The van der Waals surface area contributed by atoms with Crippen molar-refractivity contribution in [2.45, 2.75) is 13.8 Å². The monoisotopic (exact) mass is 263 g/mol. The predicted molar refractivity (Wildman–Crippen MR) is 67.9 cm³/mol. The minimum absolute atomic E-state index is 1.02. The Bertz CT molecular complexity index is 377. The van der Waals surface area contributed by atoms with Crippen LogP contribution in [0.5, 0.6) is 0 Å². The molecule has 1 heterocycles. The zero-order valence-corrected chi connectivity index (χ0v) is 10.5. The first-order valence-corrected chi connectivity index (χ1v) is 5.57. The number of aryl methyl sites for hydroxylation is 2. The first kappa shape index (κ1) is 11.9. The van der Waals surface area contributed by atoms with Gasteiger partial charge in [-0.25, -0.2) is 0 Å². The summed E-state index contributed by atoms with van der Waals surface area (Å²) in [7, 11) is 0. The normalized spacial score (nSPS) is 9.00. The van der Waals surface area contributed by atoms with Gasteiger partial charge in [0.1, 0.15) is 0 Å². The van der Waals surface area contributed by atoms with Crippen molar-refractivity contribution in [1.82, 2.24) is 4.98 Å². The summed E-state index contributed by atoms with van der Waals surface area (Å²) in [6.07, 6.45) is 3.49. The molecule has 0 atom stereocenters. The SMILES string of the molecule is Brc1cccnc1.Cc1ccccc1C. The number of nitrogens with zero attached hydrogens (tertiary/aromatic N) is 1. The van der Waals surface area contributed by atoms with Crippen molar-refractivity contribution in [2.75, 3.05) is 0 Å². The maximum absolute atomic E-state index is 3.84. The Morgan fingerprint density at radius 2 is 1.53 bits per heavy atom. The fraction of sp³-hybridized carbons (Fsp3) is 0.154. The fourth-order valence-electron chi connectivity index (χ4n) is 1.00. The Morgan fingerprint density at radius 3 is 1.80 bits per heavy atom. The first-order valence-electron chi connectivity index (χ1n) is 4.78. The second-order valence-electron chi connectivity index (χ2n) is 3.26. The summed E-state index contributed by atoms with van der Waals surface area (Å²) >= 11 is 3.25. The second kappa shape index (κ2) is 6.36. The van der Waals surface area contributed by atoms with E-state index in [0.717, 1.165) is 4.47 Å². The molecule has 0 saturated heterocycles. The van der Waals surface area contributed by atoms with Gasteiger partial charge < -0.3 is 0 Å². The Balaban J connectivity index is 0.000000151. The molecule has 2 aromatic rings. The van der Waals surface area contributed by atoms with Crippen LogP contribution in [0.4, 0.5) is 0 Å². The third-order valence-electron chi connectivity index (χ3n) is 2.05. The summed E-state index contributed by atoms with van der Waals surface area (Å²) in [4.78, 5) is 3.84. The number of benzene rings is 1. The number of hydrogen-bond donors (Lipinski definition) is 0. The molecule has 15 heavy (non-hydrogen) atoms. The third kappa shape index (κ3) is 4.75. The fourth-order valence-corrected chi connectivity index (χ4v) is 1.28. The van der Waals surface area contributed by atoms with Gasteiger partial charge in [-0.2, -0.15) is 0 Å². The molecule has 0 fully saturated rings. The van der Waals surface area contributed by atoms with Gasteiger partial charge in [-0.1, -0.05) is 24.3 Å². The Labute approximate surface area is 99.3 Å². The molecule has 0 unspecified atom stereocenters. The molecule has 0 amide bonds. The van der Waals surface area contributed by atoms with Gasteiger partial charge in [0, 0.05) is 16.9 Å². The zero-order valence-electron chi connectivity index (χ0n) is 8.94. The van der Waals surface area contributed by atoms with Crippen molar-refractivity contribution in [1.29, 1.82) is 0 Å². The van der Waals surface area contributed by atoms with Crippen molar-refractivity contribution in [2.24, 2.45) is 0 Å². The largest absolute Gasteiger partial charge is 0.264 e. The van der Waals surface area contributed by atoms with Gasteiger partial charge in [0.2, 0.25) is 0 Å². The van der Waals surface area contributed by atoms with Crippen molar-refractivity contribution in [3.63, 3.8) is 0 Å². The average Bonchev–Trinajstić information content (AvgIpc) is 2.25. The number of rotatable bonds is 0. The molecular formula is C13H14BrN. The quantitative estimate of drug-likeness (QED) is 0.696. The molecule has 0 aliphatic rings. The lowest BCUT2D eigenvalue weighted by Crippen LogP contribution is -1.74. The highest BCUT2D eigenvalue weighted by molar-refractivity contribution is 9.10. The highest BCUT2D eigenvalue weighted by Gasteiger charge is 1.83. The van der Waals surface area contributed by atoms with E-state index in [-0.39, 0.29) is 0 Å². The van der Waals surface area contributed by atoms with Gasteiger partial charge in [-0.3, -0.25) is 4.98 Å². The highest BCUT2D eigenvalue weighted by atomic mass is 79.9. The van der Waals surface area contributed by atoms with Crippen LogP contribution >= 0.6 is 15.9 Å². The Hall–Kier alpha value is -1.15. The second-order valence-corrected chi connectivity index (χ2v) is 4.17. The molecule has 78 valence electrons. The van der Waals surface area contributed by atoms with Crippen molar-refractivity contribution in [3.8, 4) is 0 Å². The van der Waals surface area contributed by atoms with E-state index in [4.69, 9.17) is 0 Å². The van der Waals surface area contributed by atoms with Gasteiger partial charge in [0.25, 0.3) is 0 Å². The summed E-state index contributed by atoms with van der Waals surface area (Å²) in [5, 5.41) is 0. The maximum Gasteiger partial charge on any atom is 0.0410 e. The standard InChI is InChI=1S/C8H10.C5H4BrN/c1-7-5-3-4-6-8(7)2;6-5-2-1-3-7-4-5/h3-6H,1-2H3;1-4H. The van der Waals surface area contributed by atoms with Gasteiger partial charge >= 0.3 is 0 Å². The van der Waals surface area contributed by atoms with Gasteiger partial charge in [-0.05, 0) is 53.0 Å². The lowest BCUT2D eigenvalue weighted by Gasteiger charge is -1.93. The summed E-state index contributed by atoms with van der Waals surface area (Å²) in [5.74, 6) is 0. The van der Waals surface area contributed by atoms with Gasteiger partial charge in [0.05, 0.1) is 0 Å². The Kier molecular flexibility index (Phi) is 5.05. The maximum atomic E-state index is 3.84. The van der Waals surface area contributed by atoms with Crippen LogP contribution in [-0.4, -0.2) is 4.98 Å². The minimum Gasteiger partial charge on any atom is -0.264 e. The van der Waals surface area contributed by atoms with Crippen LogP contribution in [0.25, 0.3) is 0 Å². The van der Waals surface area contributed by atoms with E-state index in [1.54, 1.807) is 12.4 Å². The summed E-state index contributed by atoms with van der Waals surface area (Å²) in [6.45, 7) is 4.24. The molecule has 0 radical (unpaired) electrons. The van der Waals surface area contributed by atoms with Crippen LogP contribution in [0.2, 0.25) is 0 Å². The molecule has 0 N–H and O–H groups in total. The van der Waals surface area contributed by atoms with E-state index in [0.29, 0.717) is 0 Å². The van der Waals surface area contributed by atoms with Crippen LogP contribution in [0, 0.1) is 13.8 Å². The Morgan fingerprint density at radius 1 is 0.933 bits per heavy atom. The van der Waals surface area contributed by atoms with E-state index >= 15 is 0 Å². The molecule has 1 aromatic carbocycles. The molecule has 2 heteroatoms. The summed E-state index contributed by atoms with van der Waals surface area (Å²) in [5.41, 5.74) is 2.74. The lowest BCUT2D eigenvalue weighted by molar-refractivity contribution is 1.31. The molecule has 1 nitrogen and oxygen atoms in total. The molecule has 0 spiro atoms. The number of hydrogen-bond acceptors (Lipinski definition) is 1. The average molecular weight is 264 g/mol. The molecule has 0 aliphatic carbocycles. The highest BCUT2D eigenvalue weighted by Crippen LogP contribution is 2.03. The van der Waals surface area contributed by atoms with E-state index in [2.05, 4.69) is 59.0 Å². The molecule has 0 aliphatic heterocycles. The van der Waals surface area contributed by atoms with Crippen molar-refractivity contribution >= 4 is 15.9 Å². The van der Waals surface area contributed by atoms with Crippen LogP contribution in [0.3, 0.4) is 0 Å². The molecular weight excluding hydrogens is 250 g/mol. The number of halogens is 1. The summed E-state index contributed by atoms with van der Waals surface area (Å²) in [6, 6.07) is 12.2. The zero-order chi connectivity index (χ0) is 11.1. The number of aromatic nitrogens is 1. The van der Waals surface area contributed by atoms with E-state index in [9.17, 15) is 0 Å². The minimum atomic E-state index is 1.02. The topological polar surface area (TPSA) is 12.9 Å². The third-order valence-corrected chi connectivity index (χ3v) is 2.52. The molecule has 1 aromatic heterocycles. The van der Waals surface area contributed by atoms with Crippen molar-refractivity contribution < 1.29 is 0 Å². The summed E-state index contributed by atoms with van der Waals surface area (Å²) < 4.78 is 1.02. The van der Waals surface area contributed by atoms with E-state index in [1.807, 2.05) is 12.1 Å². The molecule has 2 rings (SSSR count). The van der Waals surface area contributed by atoms with E-state index in [1.165, 1.54) is 11.1 Å². The van der Waals surface area contributed by atoms with Crippen LogP contribution in [-0.2, 0) is 0 Å². The van der Waals surface area contributed by atoms with Gasteiger partial charge in [0.15, 0.2) is 0 Å². The van der Waals surface area contributed by atoms with Crippen LogP contribution in [0.1, 0.15) is 11.1 Å². The molecule has 0 saturated carbocycles. The predicted octanol–water partition coefficient (Wildman–Crippen LogP) is 4.15. The van der Waals surface area contributed by atoms with Crippen molar-refractivity contribution in [3.05, 3.63) is 64.4 Å². The van der Waals surface area contributed by atoms with E-state index < -0.39 is 0 Å². The smallest absolute Gasteiger partial charge is 0.0410 e. The number of pyridine rings is 1. The lowest BCUT2D eigenvalue weighted by atomic mass is 10.1. The van der Waals surface area contributed by atoms with Crippen LogP contribution in [0.15, 0.2) is 53.3 Å². The molecule has 0 bridgehead atoms. The first-order chi connectivity index (χ1) is 7.20. The van der Waals surface area contributed by atoms with Gasteiger partial charge in [-0.15, -0.1) is 0 Å².